The van der Waals surface area contributed by atoms with E-state index in [1.54, 1.807) is 42.9 Å². The first kappa shape index (κ1) is 29.8. The van der Waals surface area contributed by atoms with Crippen molar-refractivity contribution in [3.63, 3.8) is 0 Å². The minimum Gasteiger partial charge on any atom is -0.493 e. The van der Waals surface area contributed by atoms with E-state index in [0.717, 1.165) is 14.7 Å². The van der Waals surface area contributed by atoms with Gasteiger partial charge in [0, 0.05) is 10.6 Å². The standard InChI is InChI=1S/C32H26ClIN2O5S/c1-4-15-41-29-23(34)16-19(17-24(29)39-3)18-25-30(37)36-28(21-11-13-22(33)14-12-21)26(31(38)40-5-2)27(35-32(36)42-25)20-9-7-6-8-10-20/h4,6-14,16-18,28H,1,5,15H2,2-3H3/b25-18-/t28-/m1/s1. The fourth-order valence-corrected chi connectivity index (χ4v) is 6.57. The Hall–Kier alpha value is -3.67. The summed E-state index contributed by atoms with van der Waals surface area (Å²) in [5.74, 6) is 0.604. The first-order chi connectivity index (χ1) is 20.4. The number of carbonyl (C=O) groups is 1. The summed E-state index contributed by atoms with van der Waals surface area (Å²) < 4.78 is 19.7. The number of carbonyl (C=O) groups excluding carboxylic acids is 1. The normalized spacial score (nSPS) is 14.7. The Balaban J connectivity index is 1.77. The highest BCUT2D eigenvalue weighted by Gasteiger charge is 2.35. The van der Waals surface area contributed by atoms with Crippen LogP contribution in [0.15, 0.2) is 94.7 Å². The van der Waals surface area contributed by atoms with Crippen molar-refractivity contribution < 1.29 is 19.0 Å². The van der Waals surface area contributed by atoms with Gasteiger partial charge in [-0.25, -0.2) is 9.79 Å². The second kappa shape index (κ2) is 13.1. The smallest absolute Gasteiger partial charge is 0.338 e. The number of methoxy groups -OCH3 is 1. The van der Waals surface area contributed by atoms with Crippen LogP contribution in [0, 0.1) is 3.57 Å². The van der Waals surface area contributed by atoms with Crippen LogP contribution in [0.25, 0.3) is 11.8 Å². The molecule has 4 aromatic rings. The molecule has 42 heavy (non-hydrogen) atoms. The summed E-state index contributed by atoms with van der Waals surface area (Å²) in [6, 6.07) is 19.5. The van der Waals surface area contributed by atoms with Crippen LogP contribution < -0.4 is 24.4 Å². The lowest BCUT2D eigenvalue weighted by Gasteiger charge is -2.25. The Morgan fingerprint density at radius 1 is 1.17 bits per heavy atom. The molecule has 10 heteroatoms. The molecule has 7 nitrogen and oxygen atoms in total. The van der Waals surface area contributed by atoms with Gasteiger partial charge in [-0.3, -0.25) is 9.36 Å². The zero-order valence-electron chi connectivity index (χ0n) is 22.8. The number of ether oxygens (including phenoxy) is 3. The van der Waals surface area contributed by atoms with E-state index in [1.165, 1.54) is 11.3 Å². The summed E-state index contributed by atoms with van der Waals surface area (Å²) in [7, 11) is 1.57. The topological polar surface area (TPSA) is 79.1 Å². The van der Waals surface area contributed by atoms with Gasteiger partial charge in [-0.15, -0.1) is 0 Å². The van der Waals surface area contributed by atoms with Gasteiger partial charge in [0.1, 0.15) is 6.61 Å². The number of halogens is 2. The second-order valence-electron chi connectivity index (χ2n) is 9.12. The van der Waals surface area contributed by atoms with E-state index < -0.39 is 12.0 Å². The maximum Gasteiger partial charge on any atom is 0.338 e. The maximum atomic E-state index is 14.1. The van der Waals surface area contributed by atoms with Gasteiger partial charge in [-0.2, -0.15) is 0 Å². The van der Waals surface area contributed by atoms with Crippen LogP contribution >= 0.6 is 45.5 Å². The van der Waals surface area contributed by atoms with Gasteiger partial charge in [0.15, 0.2) is 16.3 Å². The highest BCUT2D eigenvalue weighted by molar-refractivity contribution is 14.1. The van der Waals surface area contributed by atoms with Crippen molar-refractivity contribution in [2.75, 3.05) is 20.3 Å². The zero-order chi connectivity index (χ0) is 29.8. The van der Waals surface area contributed by atoms with E-state index >= 15 is 0 Å². The third kappa shape index (κ3) is 5.95. The van der Waals surface area contributed by atoms with E-state index in [1.807, 2.05) is 54.6 Å². The molecular weight excluding hydrogens is 687 g/mol. The molecule has 0 saturated carbocycles. The summed E-state index contributed by atoms with van der Waals surface area (Å²) in [5, 5.41) is 0.542. The van der Waals surface area contributed by atoms with Crippen LogP contribution in [0.3, 0.4) is 0 Å². The fraction of sp³-hybridized carbons (Fsp3) is 0.156. The molecule has 0 saturated heterocycles. The van der Waals surface area contributed by atoms with Gasteiger partial charge in [0.25, 0.3) is 5.56 Å². The fourth-order valence-electron chi connectivity index (χ4n) is 4.66. The summed E-state index contributed by atoms with van der Waals surface area (Å²) >= 11 is 9.63. The lowest BCUT2D eigenvalue weighted by Crippen LogP contribution is -2.40. The van der Waals surface area contributed by atoms with Crippen molar-refractivity contribution in [2.24, 2.45) is 4.99 Å². The minimum absolute atomic E-state index is 0.176. The molecule has 1 aromatic heterocycles. The quantitative estimate of drug-likeness (QED) is 0.125. The van der Waals surface area contributed by atoms with Crippen molar-refractivity contribution in [3.8, 4) is 11.5 Å². The molecule has 0 N–H and O–H groups in total. The maximum absolute atomic E-state index is 14.1. The molecule has 0 fully saturated rings. The van der Waals surface area contributed by atoms with Crippen LogP contribution in [-0.2, 0) is 9.53 Å². The van der Waals surface area contributed by atoms with Gasteiger partial charge >= 0.3 is 5.97 Å². The van der Waals surface area contributed by atoms with Crippen LogP contribution in [-0.4, -0.2) is 30.9 Å². The molecule has 0 aliphatic carbocycles. The first-order valence-electron chi connectivity index (χ1n) is 13.0. The number of hydrogen-bond donors (Lipinski definition) is 0. The lowest BCUT2D eigenvalue weighted by molar-refractivity contribution is -0.138. The molecule has 0 radical (unpaired) electrons. The molecule has 1 atom stereocenters. The Bertz CT molecular complexity index is 1860. The van der Waals surface area contributed by atoms with Crippen LogP contribution in [0.5, 0.6) is 11.5 Å². The molecule has 1 aliphatic heterocycles. The van der Waals surface area contributed by atoms with E-state index in [4.69, 9.17) is 30.8 Å². The molecule has 214 valence electrons. The molecule has 0 amide bonds. The van der Waals surface area contributed by atoms with E-state index in [0.29, 0.717) is 43.7 Å². The SMILES string of the molecule is C=CCOc1c(I)cc(/C=c2\sc3n(c2=O)[C@H](c2ccc(Cl)cc2)C(C(=O)OCC)=C(c2ccccc2)N=3)cc1OC. The lowest BCUT2D eigenvalue weighted by atomic mass is 9.93. The predicted molar refractivity (Wildman–Crippen MR) is 174 cm³/mol. The Kier molecular flexibility index (Phi) is 9.30. The highest BCUT2D eigenvalue weighted by Crippen LogP contribution is 2.36. The van der Waals surface area contributed by atoms with Gasteiger partial charge in [0.05, 0.1) is 39.1 Å². The number of rotatable bonds is 9. The first-order valence-corrected chi connectivity index (χ1v) is 15.3. The molecule has 0 unspecified atom stereocenters. The molecule has 1 aliphatic rings. The molecule has 2 heterocycles. The van der Waals surface area contributed by atoms with Gasteiger partial charge in [0.2, 0.25) is 0 Å². The third-order valence-electron chi connectivity index (χ3n) is 6.45. The van der Waals surface area contributed by atoms with E-state index in [9.17, 15) is 9.59 Å². The van der Waals surface area contributed by atoms with Crippen molar-refractivity contribution in [2.45, 2.75) is 13.0 Å². The molecule has 0 bridgehead atoms. The number of hydrogen-bond acceptors (Lipinski definition) is 7. The van der Waals surface area contributed by atoms with Crippen molar-refractivity contribution in [1.82, 2.24) is 4.57 Å². The van der Waals surface area contributed by atoms with Gasteiger partial charge < -0.3 is 14.2 Å². The predicted octanol–water partition coefficient (Wildman–Crippen LogP) is 5.77. The molecule has 5 rings (SSSR count). The summed E-state index contributed by atoms with van der Waals surface area (Å²) in [4.78, 5) is 33.0. The van der Waals surface area contributed by atoms with Gasteiger partial charge in [-0.05, 0) is 71.0 Å². The number of benzene rings is 3. The largest absolute Gasteiger partial charge is 0.493 e. The third-order valence-corrected chi connectivity index (χ3v) is 8.49. The summed E-state index contributed by atoms with van der Waals surface area (Å²) in [5.41, 5.74) is 2.66. The molecule has 3 aromatic carbocycles. The monoisotopic (exact) mass is 712 g/mol. The van der Waals surface area contributed by atoms with Crippen LogP contribution in [0.4, 0.5) is 0 Å². The number of thiazole rings is 1. The van der Waals surface area contributed by atoms with Crippen molar-refractivity contribution in [3.05, 3.63) is 130 Å². The molecular formula is C32H26ClIN2O5S. The number of aromatic nitrogens is 1. The second-order valence-corrected chi connectivity index (χ2v) is 11.7. The minimum atomic E-state index is -0.778. The number of esters is 1. The Morgan fingerprint density at radius 3 is 2.57 bits per heavy atom. The zero-order valence-corrected chi connectivity index (χ0v) is 26.5. The van der Waals surface area contributed by atoms with Crippen LogP contribution in [0.2, 0.25) is 5.02 Å². The van der Waals surface area contributed by atoms with Crippen molar-refractivity contribution in [1.29, 1.82) is 0 Å². The Labute approximate surface area is 265 Å². The van der Waals surface area contributed by atoms with Crippen molar-refractivity contribution >= 4 is 63.3 Å². The van der Waals surface area contributed by atoms with E-state index in [-0.39, 0.29) is 17.7 Å². The number of fused-ring (bicyclic) bond motifs is 1. The van der Waals surface area contributed by atoms with E-state index in [2.05, 4.69) is 29.2 Å². The van der Waals surface area contributed by atoms with Crippen LogP contribution in [0.1, 0.15) is 29.7 Å². The summed E-state index contributed by atoms with van der Waals surface area (Å²) in [6.45, 7) is 5.96. The van der Waals surface area contributed by atoms with Gasteiger partial charge in [-0.1, -0.05) is 78.1 Å². The number of nitrogens with zero attached hydrogens (tertiary/aromatic N) is 2. The average molecular weight is 713 g/mol. The summed E-state index contributed by atoms with van der Waals surface area (Å²) in [6.07, 6.45) is 3.45. The molecule has 0 spiro atoms. The average Bonchev–Trinajstić information content (AvgIpc) is 3.30. The Morgan fingerprint density at radius 2 is 1.90 bits per heavy atom. The highest BCUT2D eigenvalue weighted by atomic mass is 127.